The van der Waals surface area contributed by atoms with E-state index >= 15 is 0 Å². The highest BCUT2D eigenvalue weighted by Gasteiger charge is 1.96. The Bertz CT molecular complexity index is 559. The smallest absolute Gasteiger partial charge is 0.0178 e. The second-order valence-electron chi connectivity index (χ2n) is 4.06. The maximum absolute atomic E-state index is 3.71. The first-order valence-corrected chi connectivity index (χ1v) is 8.08. The van der Waals surface area contributed by atoms with Crippen molar-refractivity contribution >= 4 is 16.3 Å². The first-order chi connectivity index (χ1) is 10.7. The van der Waals surface area contributed by atoms with E-state index < -0.39 is 0 Å². The van der Waals surface area contributed by atoms with E-state index in [4.69, 9.17) is 0 Å². The zero-order chi connectivity index (χ0) is 17.4. The highest BCUT2D eigenvalue weighted by molar-refractivity contribution is 5.86. The summed E-state index contributed by atoms with van der Waals surface area (Å²) in [5.41, 5.74) is 2.50. The van der Waals surface area contributed by atoms with Crippen molar-refractivity contribution in [1.82, 2.24) is 0 Å². The third kappa shape index (κ3) is 10.3. The highest BCUT2D eigenvalue weighted by Crippen LogP contribution is 2.20. The van der Waals surface area contributed by atoms with Gasteiger partial charge in [-0.2, -0.15) is 0 Å². The van der Waals surface area contributed by atoms with Gasteiger partial charge in [-0.25, -0.2) is 0 Å². The Morgan fingerprint density at radius 3 is 1.83 bits per heavy atom. The first kappa shape index (κ1) is 25.9. The zero-order valence-corrected chi connectivity index (χ0v) is 15.2. The SMILES string of the molecule is C.C=C/C=C(\C)c1ccc2ccccc2c1.C=CC.CC.CC. The predicted molar refractivity (Wildman–Crippen MR) is 113 cm³/mol. The molecule has 0 nitrogen and oxygen atoms in total. The topological polar surface area (TPSA) is 0 Å². The first-order valence-electron chi connectivity index (χ1n) is 8.08. The molecule has 0 atom stereocenters. The van der Waals surface area contributed by atoms with E-state index in [2.05, 4.69) is 62.5 Å². The molecule has 0 spiro atoms. The molecule has 2 aromatic carbocycles. The molecule has 0 aliphatic carbocycles. The maximum atomic E-state index is 3.71. The Morgan fingerprint density at radius 2 is 1.35 bits per heavy atom. The number of hydrogen-bond acceptors (Lipinski definition) is 0. The lowest BCUT2D eigenvalue weighted by atomic mass is 10.0. The minimum Gasteiger partial charge on any atom is -0.103 e. The van der Waals surface area contributed by atoms with E-state index in [1.807, 2.05) is 46.8 Å². The van der Waals surface area contributed by atoms with Crippen LogP contribution in [0, 0.1) is 0 Å². The van der Waals surface area contributed by atoms with Crippen LogP contribution >= 0.6 is 0 Å². The van der Waals surface area contributed by atoms with Crippen molar-refractivity contribution in [3.63, 3.8) is 0 Å². The van der Waals surface area contributed by atoms with E-state index in [1.165, 1.54) is 21.9 Å². The Balaban J connectivity index is -0.000000439. The molecule has 0 heteroatoms. The maximum Gasteiger partial charge on any atom is -0.0178 e. The van der Waals surface area contributed by atoms with Gasteiger partial charge < -0.3 is 0 Å². The predicted octanol–water partition coefficient (Wildman–Crippen LogP) is 8.31. The van der Waals surface area contributed by atoms with Crippen LogP contribution in [0.3, 0.4) is 0 Å². The molecule has 23 heavy (non-hydrogen) atoms. The molecule has 0 amide bonds. The number of fused-ring (bicyclic) bond motifs is 1. The van der Waals surface area contributed by atoms with Gasteiger partial charge in [0.25, 0.3) is 0 Å². The van der Waals surface area contributed by atoms with Gasteiger partial charge in [0, 0.05) is 0 Å². The second-order valence-corrected chi connectivity index (χ2v) is 4.06. The fraction of sp³-hybridized carbons (Fsp3) is 0.304. The normalized spacial score (nSPS) is 8.70. The summed E-state index contributed by atoms with van der Waals surface area (Å²) in [4.78, 5) is 0. The summed E-state index contributed by atoms with van der Waals surface area (Å²) in [5, 5.41) is 2.57. The van der Waals surface area contributed by atoms with Gasteiger partial charge >= 0.3 is 0 Å². The summed E-state index contributed by atoms with van der Waals surface area (Å²) in [7, 11) is 0. The average Bonchev–Trinajstić information content (AvgIpc) is 2.59. The van der Waals surface area contributed by atoms with Gasteiger partial charge in [-0.05, 0) is 41.8 Å². The molecule has 0 bridgehead atoms. The molecule has 0 radical (unpaired) electrons. The van der Waals surface area contributed by atoms with Crippen molar-refractivity contribution in [2.24, 2.45) is 0 Å². The van der Waals surface area contributed by atoms with E-state index in [-0.39, 0.29) is 7.43 Å². The molecule has 0 aromatic heterocycles. The summed E-state index contributed by atoms with van der Waals surface area (Å²) in [6.45, 7) is 19.1. The van der Waals surface area contributed by atoms with E-state index in [1.54, 1.807) is 6.08 Å². The molecular formula is C23H36. The number of rotatable bonds is 2. The van der Waals surface area contributed by atoms with Crippen LogP contribution in [0.1, 0.15) is 54.5 Å². The van der Waals surface area contributed by atoms with Crippen molar-refractivity contribution in [1.29, 1.82) is 0 Å². The average molecular weight is 313 g/mol. The Hall–Kier alpha value is -2.08. The fourth-order valence-electron chi connectivity index (χ4n) is 1.71. The van der Waals surface area contributed by atoms with E-state index in [9.17, 15) is 0 Å². The minimum atomic E-state index is 0. The van der Waals surface area contributed by atoms with Crippen LogP contribution in [0.4, 0.5) is 0 Å². The van der Waals surface area contributed by atoms with Crippen molar-refractivity contribution in [2.75, 3.05) is 0 Å². The lowest BCUT2D eigenvalue weighted by Crippen LogP contribution is -1.79. The second kappa shape index (κ2) is 18.0. The molecule has 0 N–H and O–H groups in total. The third-order valence-corrected chi connectivity index (χ3v) is 2.57. The molecular weight excluding hydrogens is 276 g/mol. The molecule has 128 valence electrons. The van der Waals surface area contributed by atoms with Gasteiger partial charge in [-0.3, -0.25) is 0 Å². The number of allylic oxidation sites excluding steroid dienone is 4. The Kier molecular flexibility index (Phi) is 20.2. The molecule has 2 rings (SSSR count). The van der Waals surface area contributed by atoms with Gasteiger partial charge in [0.05, 0.1) is 0 Å². The van der Waals surface area contributed by atoms with Crippen LogP contribution in [-0.2, 0) is 0 Å². The minimum absolute atomic E-state index is 0. The van der Waals surface area contributed by atoms with Crippen LogP contribution in [0.15, 0.2) is 73.9 Å². The Morgan fingerprint density at radius 1 is 0.870 bits per heavy atom. The van der Waals surface area contributed by atoms with Crippen LogP contribution in [0.25, 0.3) is 16.3 Å². The fourth-order valence-corrected chi connectivity index (χ4v) is 1.71. The molecule has 0 fully saturated rings. The van der Waals surface area contributed by atoms with Crippen molar-refractivity contribution in [3.05, 3.63) is 79.4 Å². The highest BCUT2D eigenvalue weighted by atomic mass is 14.0. The van der Waals surface area contributed by atoms with Crippen LogP contribution in [0.2, 0.25) is 0 Å². The largest absolute Gasteiger partial charge is 0.103 e. The van der Waals surface area contributed by atoms with Gasteiger partial charge in [0.15, 0.2) is 0 Å². The lowest BCUT2D eigenvalue weighted by Gasteiger charge is -2.03. The summed E-state index contributed by atoms with van der Waals surface area (Å²) < 4.78 is 0. The van der Waals surface area contributed by atoms with Gasteiger partial charge in [-0.1, -0.05) is 96.3 Å². The van der Waals surface area contributed by atoms with Crippen LogP contribution in [-0.4, -0.2) is 0 Å². The standard InChI is InChI=1S/C15H14.C3H6.2C2H6.CH4/c1-3-6-12(2)14-10-9-13-7-4-5-8-15(13)11-14;1-3-2;2*1-2;/h3-11H,1H2,2H3;3H,1H2,2H3;2*1-2H3;1H4/b12-6+;;;;. The van der Waals surface area contributed by atoms with E-state index in [0.717, 1.165) is 0 Å². The van der Waals surface area contributed by atoms with Crippen LogP contribution in [0.5, 0.6) is 0 Å². The molecule has 0 saturated heterocycles. The zero-order valence-electron chi connectivity index (χ0n) is 15.2. The third-order valence-electron chi connectivity index (χ3n) is 2.57. The monoisotopic (exact) mass is 312 g/mol. The number of hydrogen-bond donors (Lipinski definition) is 0. The number of benzene rings is 2. The summed E-state index contributed by atoms with van der Waals surface area (Å²) in [6, 6.07) is 14.9. The summed E-state index contributed by atoms with van der Waals surface area (Å²) >= 11 is 0. The molecule has 0 aliphatic heterocycles. The molecule has 0 unspecified atom stereocenters. The van der Waals surface area contributed by atoms with Crippen molar-refractivity contribution in [3.8, 4) is 0 Å². The summed E-state index contributed by atoms with van der Waals surface area (Å²) in [6.07, 6.45) is 5.61. The van der Waals surface area contributed by atoms with Gasteiger partial charge in [-0.15, -0.1) is 6.58 Å². The summed E-state index contributed by atoms with van der Waals surface area (Å²) in [5.74, 6) is 0. The quantitative estimate of drug-likeness (QED) is 0.386. The molecule has 0 saturated carbocycles. The van der Waals surface area contributed by atoms with Crippen LogP contribution < -0.4 is 0 Å². The molecule has 2 aromatic rings. The Labute approximate surface area is 145 Å². The van der Waals surface area contributed by atoms with Gasteiger partial charge in [0.1, 0.15) is 0 Å². The van der Waals surface area contributed by atoms with Crippen molar-refractivity contribution in [2.45, 2.75) is 49.0 Å². The molecule has 0 aliphatic rings. The van der Waals surface area contributed by atoms with Crippen molar-refractivity contribution < 1.29 is 0 Å². The van der Waals surface area contributed by atoms with Gasteiger partial charge in [0.2, 0.25) is 0 Å². The van der Waals surface area contributed by atoms with E-state index in [0.29, 0.717) is 0 Å². The lowest BCUT2D eigenvalue weighted by molar-refractivity contribution is 1.50. The molecule has 0 heterocycles.